The number of rotatable bonds is 3. The van der Waals surface area contributed by atoms with E-state index in [9.17, 15) is 5.11 Å². The molecule has 2 rings (SSSR count). The van der Waals surface area contributed by atoms with Crippen molar-refractivity contribution in [3.8, 4) is 5.75 Å². The van der Waals surface area contributed by atoms with Crippen molar-refractivity contribution in [2.75, 3.05) is 0 Å². The van der Waals surface area contributed by atoms with Crippen molar-refractivity contribution >= 4 is 31.9 Å². The van der Waals surface area contributed by atoms with Crippen LogP contribution in [0.1, 0.15) is 30.9 Å². The van der Waals surface area contributed by atoms with E-state index >= 15 is 0 Å². The van der Waals surface area contributed by atoms with E-state index in [1.54, 1.807) is 0 Å². The van der Waals surface area contributed by atoms with E-state index in [-0.39, 0.29) is 11.8 Å². The highest BCUT2D eigenvalue weighted by molar-refractivity contribution is 9.11. The van der Waals surface area contributed by atoms with Gasteiger partial charge in [0.2, 0.25) is 0 Å². The second-order valence-electron chi connectivity index (χ2n) is 4.12. The van der Waals surface area contributed by atoms with Gasteiger partial charge in [0.15, 0.2) is 0 Å². The van der Waals surface area contributed by atoms with Crippen LogP contribution in [0.5, 0.6) is 5.75 Å². The first-order chi connectivity index (χ1) is 7.08. The van der Waals surface area contributed by atoms with Gasteiger partial charge in [0.05, 0.1) is 8.95 Å². The summed E-state index contributed by atoms with van der Waals surface area (Å²) in [5, 5.41) is 9.57. The van der Waals surface area contributed by atoms with Crippen molar-refractivity contribution in [3.63, 3.8) is 0 Å². The second-order valence-corrected chi connectivity index (χ2v) is 5.83. The SMILES string of the molecule is N[C@H](CC1CC1)c1cc(Br)c(O)c(Br)c1. The monoisotopic (exact) mass is 333 g/mol. The Morgan fingerprint density at radius 3 is 2.33 bits per heavy atom. The van der Waals surface area contributed by atoms with E-state index < -0.39 is 0 Å². The van der Waals surface area contributed by atoms with Crippen LogP contribution in [0.25, 0.3) is 0 Å². The first-order valence-electron chi connectivity index (χ1n) is 5.01. The molecular formula is C11H13Br2NO. The van der Waals surface area contributed by atoms with Gasteiger partial charge in [-0.2, -0.15) is 0 Å². The van der Waals surface area contributed by atoms with Crippen LogP contribution in [0, 0.1) is 5.92 Å². The fraction of sp³-hybridized carbons (Fsp3) is 0.455. The average molecular weight is 335 g/mol. The maximum absolute atomic E-state index is 9.57. The van der Waals surface area contributed by atoms with Gasteiger partial charge in [0.1, 0.15) is 5.75 Å². The molecule has 0 aromatic heterocycles. The lowest BCUT2D eigenvalue weighted by molar-refractivity contribution is 0.467. The fourth-order valence-corrected chi connectivity index (χ4v) is 2.87. The predicted molar refractivity (Wildman–Crippen MR) is 67.8 cm³/mol. The maximum atomic E-state index is 9.57. The summed E-state index contributed by atoms with van der Waals surface area (Å²) >= 11 is 6.62. The standard InChI is InChI=1S/C11H13Br2NO/c12-8-4-7(5-9(13)11(8)15)10(14)3-6-1-2-6/h4-6,10,15H,1-3,14H2/t10-/m1/s1. The van der Waals surface area contributed by atoms with Gasteiger partial charge in [-0.05, 0) is 61.9 Å². The first kappa shape index (κ1) is 11.4. The molecule has 2 nitrogen and oxygen atoms in total. The third-order valence-electron chi connectivity index (χ3n) is 2.75. The fourth-order valence-electron chi connectivity index (χ4n) is 1.65. The molecule has 0 aliphatic heterocycles. The van der Waals surface area contributed by atoms with Gasteiger partial charge in [-0.25, -0.2) is 0 Å². The molecule has 1 fully saturated rings. The summed E-state index contributed by atoms with van der Waals surface area (Å²) in [4.78, 5) is 0. The minimum Gasteiger partial charge on any atom is -0.506 e. The van der Waals surface area contributed by atoms with E-state index in [1.165, 1.54) is 12.8 Å². The smallest absolute Gasteiger partial charge is 0.143 e. The summed E-state index contributed by atoms with van der Waals surface area (Å²) in [6.07, 6.45) is 3.67. The zero-order chi connectivity index (χ0) is 11.0. The van der Waals surface area contributed by atoms with Crippen LogP contribution in [-0.2, 0) is 0 Å². The third kappa shape index (κ3) is 2.74. The largest absolute Gasteiger partial charge is 0.506 e. The van der Waals surface area contributed by atoms with Gasteiger partial charge in [-0.1, -0.05) is 12.8 Å². The molecule has 0 spiro atoms. The predicted octanol–water partition coefficient (Wildman–Crippen LogP) is 3.72. The summed E-state index contributed by atoms with van der Waals surface area (Å²) < 4.78 is 1.39. The molecule has 0 bridgehead atoms. The molecule has 1 aliphatic carbocycles. The molecule has 82 valence electrons. The molecule has 1 aromatic rings. The Balaban J connectivity index is 2.19. The highest BCUT2D eigenvalue weighted by Crippen LogP contribution is 2.39. The highest BCUT2D eigenvalue weighted by atomic mass is 79.9. The molecule has 0 unspecified atom stereocenters. The average Bonchev–Trinajstić information content (AvgIpc) is 2.97. The van der Waals surface area contributed by atoms with Gasteiger partial charge in [-0.3, -0.25) is 0 Å². The number of aromatic hydroxyl groups is 1. The summed E-state index contributed by atoms with van der Waals surface area (Å²) in [7, 11) is 0. The van der Waals surface area contributed by atoms with Crippen LogP contribution in [0.3, 0.4) is 0 Å². The molecule has 15 heavy (non-hydrogen) atoms. The van der Waals surface area contributed by atoms with Crippen molar-refractivity contribution in [1.29, 1.82) is 0 Å². The lowest BCUT2D eigenvalue weighted by atomic mass is 10.0. The van der Waals surface area contributed by atoms with Crippen LogP contribution in [0.15, 0.2) is 21.1 Å². The molecular weight excluding hydrogens is 322 g/mol. The molecule has 4 heteroatoms. The minimum absolute atomic E-state index is 0.0747. The molecule has 1 atom stereocenters. The number of phenolic OH excluding ortho intramolecular Hbond substituents is 1. The van der Waals surface area contributed by atoms with E-state index in [0.717, 1.165) is 17.9 Å². The van der Waals surface area contributed by atoms with Gasteiger partial charge in [0, 0.05) is 6.04 Å². The van der Waals surface area contributed by atoms with Crippen LogP contribution in [-0.4, -0.2) is 5.11 Å². The first-order valence-corrected chi connectivity index (χ1v) is 6.60. The van der Waals surface area contributed by atoms with Gasteiger partial charge in [-0.15, -0.1) is 0 Å². The van der Waals surface area contributed by atoms with Gasteiger partial charge < -0.3 is 10.8 Å². The summed E-state index contributed by atoms with van der Waals surface area (Å²) in [6.45, 7) is 0. The van der Waals surface area contributed by atoms with Crippen molar-refractivity contribution < 1.29 is 5.11 Å². The Bertz CT molecular complexity index is 354. The second kappa shape index (κ2) is 4.44. The third-order valence-corrected chi connectivity index (χ3v) is 3.96. The molecule has 0 radical (unpaired) electrons. The van der Waals surface area contributed by atoms with Crippen LogP contribution in [0.4, 0.5) is 0 Å². The van der Waals surface area contributed by atoms with Crippen molar-refractivity contribution in [3.05, 3.63) is 26.6 Å². The number of nitrogens with two attached hydrogens (primary N) is 1. The number of halogens is 2. The minimum atomic E-state index is 0.0747. The highest BCUT2D eigenvalue weighted by Gasteiger charge is 2.25. The number of phenols is 1. The Morgan fingerprint density at radius 2 is 1.87 bits per heavy atom. The maximum Gasteiger partial charge on any atom is 0.143 e. The van der Waals surface area contributed by atoms with Crippen LogP contribution < -0.4 is 5.73 Å². The Hall–Kier alpha value is -0.0600. The molecule has 1 saturated carbocycles. The van der Waals surface area contributed by atoms with Gasteiger partial charge >= 0.3 is 0 Å². The topological polar surface area (TPSA) is 46.2 Å². The van der Waals surface area contributed by atoms with E-state index in [0.29, 0.717) is 8.95 Å². The Morgan fingerprint density at radius 1 is 1.33 bits per heavy atom. The van der Waals surface area contributed by atoms with Gasteiger partial charge in [0.25, 0.3) is 0 Å². The number of benzene rings is 1. The molecule has 0 saturated heterocycles. The zero-order valence-electron chi connectivity index (χ0n) is 8.21. The zero-order valence-corrected chi connectivity index (χ0v) is 11.4. The summed E-state index contributed by atoms with van der Waals surface area (Å²) in [6, 6.07) is 3.87. The number of hydrogen-bond donors (Lipinski definition) is 2. The lowest BCUT2D eigenvalue weighted by Crippen LogP contribution is -2.11. The Kier molecular flexibility index (Phi) is 3.38. The van der Waals surface area contributed by atoms with Crippen LogP contribution >= 0.6 is 31.9 Å². The van der Waals surface area contributed by atoms with Crippen molar-refractivity contribution in [2.24, 2.45) is 11.7 Å². The van der Waals surface area contributed by atoms with E-state index in [2.05, 4.69) is 31.9 Å². The summed E-state index contributed by atoms with van der Waals surface area (Å²) in [5.41, 5.74) is 7.17. The normalized spacial score (nSPS) is 17.8. The quantitative estimate of drug-likeness (QED) is 0.885. The molecule has 1 aromatic carbocycles. The van der Waals surface area contributed by atoms with E-state index in [1.807, 2.05) is 12.1 Å². The molecule has 3 N–H and O–H groups in total. The number of hydrogen-bond acceptors (Lipinski definition) is 2. The molecule has 1 aliphatic rings. The Labute approximate surface area is 106 Å². The van der Waals surface area contributed by atoms with Crippen molar-refractivity contribution in [2.45, 2.75) is 25.3 Å². The lowest BCUT2D eigenvalue weighted by Gasteiger charge is -2.13. The molecule has 0 heterocycles. The van der Waals surface area contributed by atoms with Crippen molar-refractivity contribution in [1.82, 2.24) is 0 Å². The van der Waals surface area contributed by atoms with E-state index in [4.69, 9.17) is 5.73 Å². The molecule has 0 amide bonds. The van der Waals surface area contributed by atoms with Crippen LogP contribution in [0.2, 0.25) is 0 Å². The summed E-state index contributed by atoms with van der Waals surface area (Å²) in [5.74, 6) is 1.05.